The van der Waals surface area contributed by atoms with Gasteiger partial charge in [-0.05, 0) is 19.1 Å². The van der Waals surface area contributed by atoms with Crippen molar-refractivity contribution in [2.75, 3.05) is 7.11 Å². The summed E-state index contributed by atoms with van der Waals surface area (Å²) in [5.74, 6) is -0.535. The highest BCUT2D eigenvalue weighted by Gasteiger charge is 2.15. The van der Waals surface area contributed by atoms with Gasteiger partial charge in [0.2, 0.25) is 5.95 Å². The second-order valence-electron chi connectivity index (χ2n) is 3.24. The molecule has 2 rings (SSSR count). The van der Waals surface area contributed by atoms with Gasteiger partial charge >= 0.3 is 0 Å². The molecule has 0 fully saturated rings. The van der Waals surface area contributed by atoms with Crippen molar-refractivity contribution in [1.82, 2.24) is 9.97 Å². The van der Waals surface area contributed by atoms with Gasteiger partial charge in [0, 0.05) is 18.0 Å². The standard InChI is InChI=1S/C11H10FN3OS/c1-7(15-16-2)9-10(12)14-11(17-9)8-4-3-5-13-6-8/h3-6H,1-2H3. The maximum absolute atomic E-state index is 13.6. The summed E-state index contributed by atoms with van der Waals surface area (Å²) in [5.41, 5.74) is 1.26. The number of oxime groups is 1. The maximum atomic E-state index is 13.6. The van der Waals surface area contributed by atoms with Gasteiger partial charge in [0.1, 0.15) is 17.0 Å². The third-order valence-electron chi connectivity index (χ3n) is 2.05. The van der Waals surface area contributed by atoms with Crippen LogP contribution in [0, 0.1) is 5.95 Å². The van der Waals surface area contributed by atoms with Crippen LogP contribution in [0.25, 0.3) is 10.6 Å². The largest absolute Gasteiger partial charge is 0.399 e. The number of aromatic nitrogens is 2. The van der Waals surface area contributed by atoms with Crippen molar-refractivity contribution in [3.05, 3.63) is 35.4 Å². The molecule has 0 unspecified atom stereocenters. The Morgan fingerprint density at radius 1 is 1.53 bits per heavy atom. The van der Waals surface area contributed by atoms with Crippen LogP contribution in [-0.2, 0) is 4.84 Å². The van der Waals surface area contributed by atoms with Crippen LogP contribution in [0.5, 0.6) is 0 Å². The molecular weight excluding hydrogens is 241 g/mol. The van der Waals surface area contributed by atoms with Gasteiger partial charge in [-0.2, -0.15) is 4.39 Å². The quantitative estimate of drug-likeness (QED) is 0.622. The fourth-order valence-corrected chi connectivity index (χ4v) is 2.19. The van der Waals surface area contributed by atoms with Gasteiger partial charge in [-0.3, -0.25) is 4.98 Å². The Hall–Kier alpha value is -1.82. The van der Waals surface area contributed by atoms with Gasteiger partial charge in [-0.15, -0.1) is 11.3 Å². The van der Waals surface area contributed by atoms with Gasteiger partial charge in [0.25, 0.3) is 0 Å². The van der Waals surface area contributed by atoms with E-state index in [0.29, 0.717) is 15.6 Å². The van der Waals surface area contributed by atoms with E-state index >= 15 is 0 Å². The highest BCUT2D eigenvalue weighted by atomic mass is 32.1. The second-order valence-corrected chi connectivity index (χ2v) is 4.24. The summed E-state index contributed by atoms with van der Waals surface area (Å²) in [6.45, 7) is 1.67. The summed E-state index contributed by atoms with van der Waals surface area (Å²) in [4.78, 5) is 12.8. The lowest BCUT2D eigenvalue weighted by Crippen LogP contribution is -1.94. The van der Waals surface area contributed by atoms with Crippen LogP contribution < -0.4 is 0 Å². The lowest BCUT2D eigenvalue weighted by molar-refractivity contribution is 0.213. The number of halogens is 1. The molecule has 2 aromatic heterocycles. The molecule has 0 aliphatic heterocycles. The molecule has 4 nitrogen and oxygen atoms in total. The molecule has 0 spiro atoms. The van der Waals surface area contributed by atoms with Crippen molar-refractivity contribution in [3.8, 4) is 10.6 Å². The van der Waals surface area contributed by atoms with Gasteiger partial charge in [0.05, 0.1) is 5.71 Å². The maximum Gasteiger partial charge on any atom is 0.233 e. The summed E-state index contributed by atoms with van der Waals surface area (Å²) in [6.07, 6.45) is 3.30. The van der Waals surface area contributed by atoms with E-state index in [1.54, 1.807) is 25.4 Å². The van der Waals surface area contributed by atoms with E-state index in [4.69, 9.17) is 0 Å². The van der Waals surface area contributed by atoms with Crippen molar-refractivity contribution in [2.45, 2.75) is 6.92 Å². The zero-order valence-electron chi connectivity index (χ0n) is 9.35. The predicted molar refractivity (Wildman–Crippen MR) is 64.5 cm³/mol. The Morgan fingerprint density at radius 2 is 2.35 bits per heavy atom. The van der Waals surface area contributed by atoms with Crippen LogP contribution in [0.4, 0.5) is 4.39 Å². The number of rotatable bonds is 3. The van der Waals surface area contributed by atoms with Crippen molar-refractivity contribution in [1.29, 1.82) is 0 Å². The highest BCUT2D eigenvalue weighted by Crippen LogP contribution is 2.27. The van der Waals surface area contributed by atoms with Crippen LogP contribution in [0.3, 0.4) is 0 Å². The topological polar surface area (TPSA) is 47.4 Å². The van der Waals surface area contributed by atoms with Crippen molar-refractivity contribution >= 4 is 17.0 Å². The molecule has 0 N–H and O–H groups in total. The third-order valence-corrected chi connectivity index (χ3v) is 3.24. The van der Waals surface area contributed by atoms with E-state index in [9.17, 15) is 4.39 Å². The van der Waals surface area contributed by atoms with Gasteiger partial charge in [-0.1, -0.05) is 5.16 Å². The van der Waals surface area contributed by atoms with E-state index in [1.807, 2.05) is 6.07 Å². The third kappa shape index (κ3) is 2.47. The molecule has 0 amide bonds. The average Bonchev–Trinajstić information content (AvgIpc) is 2.73. The molecule has 0 saturated carbocycles. The molecule has 0 aromatic carbocycles. The van der Waals surface area contributed by atoms with E-state index in [-0.39, 0.29) is 0 Å². The number of hydrogen-bond donors (Lipinski definition) is 0. The molecule has 0 bridgehead atoms. The summed E-state index contributed by atoms with van der Waals surface area (Å²) in [5, 5.41) is 4.27. The molecule has 2 heterocycles. The summed E-state index contributed by atoms with van der Waals surface area (Å²) >= 11 is 1.22. The molecule has 17 heavy (non-hydrogen) atoms. The summed E-state index contributed by atoms with van der Waals surface area (Å²) in [7, 11) is 1.42. The highest BCUT2D eigenvalue weighted by molar-refractivity contribution is 7.17. The van der Waals surface area contributed by atoms with Crippen molar-refractivity contribution in [3.63, 3.8) is 0 Å². The van der Waals surface area contributed by atoms with E-state index in [0.717, 1.165) is 5.56 Å². The minimum Gasteiger partial charge on any atom is -0.399 e. The molecular formula is C11H10FN3OS. The number of nitrogens with zero attached hydrogens (tertiary/aromatic N) is 3. The Balaban J connectivity index is 2.41. The molecule has 0 atom stereocenters. The second kappa shape index (κ2) is 5.01. The smallest absolute Gasteiger partial charge is 0.233 e. The van der Waals surface area contributed by atoms with Crippen LogP contribution in [0.15, 0.2) is 29.7 Å². The van der Waals surface area contributed by atoms with Gasteiger partial charge in [-0.25, -0.2) is 4.98 Å². The summed E-state index contributed by atoms with van der Waals surface area (Å²) in [6, 6.07) is 3.61. The molecule has 0 radical (unpaired) electrons. The van der Waals surface area contributed by atoms with Crippen molar-refractivity contribution < 1.29 is 9.23 Å². The zero-order chi connectivity index (χ0) is 12.3. The average molecular weight is 251 g/mol. The first-order valence-electron chi connectivity index (χ1n) is 4.87. The molecule has 0 saturated heterocycles. The summed E-state index contributed by atoms with van der Waals surface area (Å²) < 4.78 is 13.6. The monoisotopic (exact) mass is 251 g/mol. The fraction of sp³-hybridized carbons (Fsp3) is 0.182. The Morgan fingerprint density at radius 3 is 3.00 bits per heavy atom. The molecule has 2 aromatic rings. The minimum absolute atomic E-state index is 0.380. The van der Waals surface area contributed by atoms with Crippen LogP contribution in [0.2, 0.25) is 0 Å². The van der Waals surface area contributed by atoms with Gasteiger partial charge < -0.3 is 4.84 Å². The zero-order valence-corrected chi connectivity index (χ0v) is 10.2. The molecule has 6 heteroatoms. The Bertz CT molecular complexity index is 539. The molecule has 88 valence electrons. The lowest BCUT2D eigenvalue weighted by atomic mass is 10.3. The van der Waals surface area contributed by atoms with E-state index in [2.05, 4.69) is 20.0 Å². The first-order chi connectivity index (χ1) is 8.22. The first-order valence-corrected chi connectivity index (χ1v) is 5.69. The fourth-order valence-electron chi connectivity index (χ4n) is 1.32. The molecule has 0 aliphatic rings. The normalized spacial score (nSPS) is 11.6. The van der Waals surface area contributed by atoms with Crippen molar-refractivity contribution in [2.24, 2.45) is 5.16 Å². The number of pyridine rings is 1. The Kier molecular flexibility index (Phi) is 3.43. The van der Waals surface area contributed by atoms with Gasteiger partial charge in [0.15, 0.2) is 0 Å². The first kappa shape index (κ1) is 11.7. The minimum atomic E-state index is -0.535. The Labute approximate surface area is 102 Å². The SMILES string of the molecule is CON=C(C)c1sc(-c2cccnc2)nc1F. The lowest BCUT2D eigenvalue weighted by Gasteiger charge is -1.93. The van der Waals surface area contributed by atoms with E-state index < -0.39 is 5.95 Å². The molecule has 0 aliphatic carbocycles. The van der Waals surface area contributed by atoms with Crippen LogP contribution in [-0.4, -0.2) is 22.8 Å². The predicted octanol–water partition coefficient (Wildman–Crippen LogP) is 2.71. The number of hydrogen-bond acceptors (Lipinski definition) is 5. The number of thiazole rings is 1. The van der Waals surface area contributed by atoms with Crippen LogP contribution >= 0.6 is 11.3 Å². The van der Waals surface area contributed by atoms with E-state index in [1.165, 1.54) is 18.4 Å². The van der Waals surface area contributed by atoms with Crippen LogP contribution in [0.1, 0.15) is 11.8 Å².